The Morgan fingerprint density at radius 1 is 1.24 bits per heavy atom. The summed E-state index contributed by atoms with van der Waals surface area (Å²) in [6.45, 7) is 0.108. The number of aromatic nitrogens is 2. The van der Waals surface area contributed by atoms with Crippen LogP contribution < -0.4 is 5.32 Å². The Labute approximate surface area is 144 Å². The van der Waals surface area contributed by atoms with E-state index in [1.807, 2.05) is 6.07 Å². The Hall–Kier alpha value is -3.35. The molecule has 7 nitrogen and oxygen atoms in total. The standard InChI is InChI=1S/C18H18N4O3/c1-21(2)17(24)11-22-10-13(9-19-22)20-18(25)16-5-3-4-12-8-14(23)6-7-15(12)16/h3-10,23H,11H2,1-2H3,(H,20,25). The van der Waals surface area contributed by atoms with Gasteiger partial charge in [-0.3, -0.25) is 14.3 Å². The van der Waals surface area contributed by atoms with Gasteiger partial charge in [-0.1, -0.05) is 12.1 Å². The Kier molecular flexibility index (Phi) is 4.38. The number of carbonyl (C=O) groups is 2. The van der Waals surface area contributed by atoms with Gasteiger partial charge in [0.15, 0.2) is 0 Å². The maximum absolute atomic E-state index is 12.6. The lowest BCUT2D eigenvalue weighted by Crippen LogP contribution is -2.26. The van der Waals surface area contributed by atoms with Gasteiger partial charge in [0.05, 0.1) is 11.9 Å². The van der Waals surface area contributed by atoms with Crippen LogP contribution in [0.2, 0.25) is 0 Å². The highest BCUT2D eigenvalue weighted by Gasteiger charge is 2.12. The first-order valence-corrected chi connectivity index (χ1v) is 7.70. The number of hydrogen-bond acceptors (Lipinski definition) is 4. The molecule has 0 spiro atoms. The van der Waals surface area contributed by atoms with Gasteiger partial charge in [0.1, 0.15) is 12.3 Å². The predicted molar refractivity (Wildman–Crippen MR) is 94.5 cm³/mol. The molecule has 0 unspecified atom stereocenters. The molecule has 128 valence electrons. The van der Waals surface area contributed by atoms with E-state index in [0.717, 1.165) is 10.8 Å². The van der Waals surface area contributed by atoms with Crippen LogP contribution in [0.4, 0.5) is 5.69 Å². The van der Waals surface area contributed by atoms with E-state index >= 15 is 0 Å². The summed E-state index contributed by atoms with van der Waals surface area (Å²) < 4.78 is 1.47. The smallest absolute Gasteiger partial charge is 0.256 e. The van der Waals surface area contributed by atoms with E-state index in [1.165, 1.54) is 15.8 Å². The zero-order valence-electron chi connectivity index (χ0n) is 13.9. The van der Waals surface area contributed by atoms with Crippen LogP contribution in [0.15, 0.2) is 48.8 Å². The van der Waals surface area contributed by atoms with Crippen LogP contribution in [0.25, 0.3) is 10.8 Å². The molecule has 0 fully saturated rings. The molecule has 0 aliphatic rings. The average Bonchev–Trinajstić information content (AvgIpc) is 3.00. The van der Waals surface area contributed by atoms with Crippen molar-refractivity contribution in [3.8, 4) is 5.75 Å². The van der Waals surface area contributed by atoms with Crippen LogP contribution in [0.1, 0.15) is 10.4 Å². The second-order valence-electron chi connectivity index (χ2n) is 5.88. The lowest BCUT2D eigenvalue weighted by Gasteiger charge is -2.09. The Morgan fingerprint density at radius 2 is 2.04 bits per heavy atom. The minimum atomic E-state index is -0.283. The lowest BCUT2D eigenvalue weighted by atomic mass is 10.0. The highest BCUT2D eigenvalue weighted by atomic mass is 16.3. The van der Waals surface area contributed by atoms with E-state index in [4.69, 9.17) is 0 Å². The quantitative estimate of drug-likeness (QED) is 0.762. The molecule has 0 saturated carbocycles. The van der Waals surface area contributed by atoms with Crippen LogP contribution in [0.3, 0.4) is 0 Å². The fourth-order valence-electron chi connectivity index (χ4n) is 2.46. The number of likely N-dealkylation sites (N-methyl/N-ethyl adjacent to an activating group) is 1. The normalized spacial score (nSPS) is 10.6. The predicted octanol–water partition coefficient (Wildman–Crippen LogP) is 2.08. The van der Waals surface area contributed by atoms with E-state index < -0.39 is 0 Å². The molecule has 1 heterocycles. The van der Waals surface area contributed by atoms with Crippen molar-refractivity contribution in [2.24, 2.45) is 0 Å². The molecule has 2 aromatic carbocycles. The van der Waals surface area contributed by atoms with Gasteiger partial charge in [-0.2, -0.15) is 5.10 Å². The second-order valence-corrected chi connectivity index (χ2v) is 5.88. The molecule has 0 aliphatic carbocycles. The van der Waals surface area contributed by atoms with Crippen molar-refractivity contribution in [1.82, 2.24) is 14.7 Å². The number of rotatable bonds is 4. The molecule has 2 amide bonds. The van der Waals surface area contributed by atoms with Gasteiger partial charge < -0.3 is 15.3 Å². The topological polar surface area (TPSA) is 87.5 Å². The number of carbonyl (C=O) groups excluding carboxylic acids is 2. The van der Waals surface area contributed by atoms with Gasteiger partial charge in [-0.05, 0) is 35.0 Å². The Bertz CT molecular complexity index is 946. The molecular formula is C18H18N4O3. The maximum Gasteiger partial charge on any atom is 0.256 e. The third kappa shape index (κ3) is 3.60. The van der Waals surface area contributed by atoms with Crippen molar-refractivity contribution in [3.05, 3.63) is 54.4 Å². The first-order chi connectivity index (χ1) is 11.9. The van der Waals surface area contributed by atoms with Crippen molar-refractivity contribution in [3.63, 3.8) is 0 Å². The molecule has 0 atom stereocenters. The summed E-state index contributed by atoms with van der Waals surface area (Å²) in [7, 11) is 3.35. The largest absolute Gasteiger partial charge is 0.508 e. The molecule has 0 aliphatic heterocycles. The van der Waals surface area contributed by atoms with Crippen LogP contribution in [0.5, 0.6) is 5.75 Å². The number of benzene rings is 2. The SMILES string of the molecule is CN(C)C(=O)Cn1cc(NC(=O)c2cccc3cc(O)ccc23)cn1. The van der Waals surface area contributed by atoms with Crippen LogP contribution in [-0.4, -0.2) is 45.7 Å². The molecule has 0 saturated heterocycles. The summed E-state index contributed by atoms with van der Waals surface area (Å²) in [5.41, 5.74) is 1.00. The minimum Gasteiger partial charge on any atom is -0.508 e. The number of fused-ring (bicyclic) bond motifs is 1. The Morgan fingerprint density at radius 3 is 2.80 bits per heavy atom. The summed E-state index contributed by atoms with van der Waals surface area (Å²) in [5.74, 6) is -0.221. The summed E-state index contributed by atoms with van der Waals surface area (Å²) in [5, 5.41) is 17.9. The molecule has 3 rings (SSSR count). The molecule has 7 heteroatoms. The number of nitrogens with one attached hydrogen (secondary N) is 1. The first kappa shape index (κ1) is 16.5. The zero-order chi connectivity index (χ0) is 18.0. The zero-order valence-corrected chi connectivity index (χ0v) is 13.9. The van der Waals surface area contributed by atoms with Crippen molar-refractivity contribution in [2.75, 3.05) is 19.4 Å². The Balaban J connectivity index is 1.79. The van der Waals surface area contributed by atoms with E-state index in [1.54, 1.807) is 50.6 Å². The molecule has 3 aromatic rings. The van der Waals surface area contributed by atoms with Gasteiger partial charge >= 0.3 is 0 Å². The van der Waals surface area contributed by atoms with Crippen molar-refractivity contribution in [1.29, 1.82) is 0 Å². The van der Waals surface area contributed by atoms with Gasteiger partial charge in [0, 0.05) is 25.9 Å². The first-order valence-electron chi connectivity index (χ1n) is 7.70. The third-order valence-electron chi connectivity index (χ3n) is 3.80. The lowest BCUT2D eigenvalue weighted by molar-refractivity contribution is -0.129. The van der Waals surface area contributed by atoms with E-state index in [2.05, 4.69) is 10.4 Å². The maximum atomic E-state index is 12.6. The van der Waals surface area contributed by atoms with Gasteiger partial charge in [0.2, 0.25) is 5.91 Å². The van der Waals surface area contributed by atoms with Crippen LogP contribution >= 0.6 is 0 Å². The number of nitrogens with zero attached hydrogens (tertiary/aromatic N) is 3. The third-order valence-corrected chi connectivity index (χ3v) is 3.80. The number of amides is 2. The molecule has 0 radical (unpaired) electrons. The number of aromatic hydroxyl groups is 1. The van der Waals surface area contributed by atoms with Crippen molar-refractivity contribution < 1.29 is 14.7 Å². The fraction of sp³-hybridized carbons (Fsp3) is 0.167. The molecular weight excluding hydrogens is 320 g/mol. The van der Waals surface area contributed by atoms with E-state index in [-0.39, 0.29) is 24.1 Å². The molecule has 25 heavy (non-hydrogen) atoms. The highest BCUT2D eigenvalue weighted by molar-refractivity contribution is 6.13. The summed E-state index contributed by atoms with van der Waals surface area (Å²) in [6.07, 6.45) is 3.11. The summed E-state index contributed by atoms with van der Waals surface area (Å²) >= 11 is 0. The van der Waals surface area contributed by atoms with Crippen LogP contribution in [0, 0.1) is 0 Å². The number of phenols is 1. The van der Waals surface area contributed by atoms with Crippen LogP contribution in [-0.2, 0) is 11.3 Å². The summed E-state index contributed by atoms with van der Waals surface area (Å²) in [4.78, 5) is 25.7. The van der Waals surface area contributed by atoms with Gasteiger partial charge in [-0.15, -0.1) is 0 Å². The van der Waals surface area contributed by atoms with Gasteiger partial charge in [0.25, 0.3) is 5.91 Å². The molecule has 1 aromatic heterocycles. The number of phenolic OH excluding ortho intramolecular Hbond substituents is 1. The fourth-order valence-corrected chi connectivity index (χ4v) is 2.46. The monoisotopic (exact) mass is 338 g/mol. The molecule has 0 bridgehead atoms. The number of anilines is 1. The number of hydrogen-bond donors (Lipinski definition) is 2. The van der Waals surface area contributed by atoms with E-state index in [0.29, 0.717) is 11.3 Å². The molecule has 2 N–H and O–H groups in total. The van der Waals surface area contributed by atoms with Gasteiger partial charge in [-0.25, -0.2) is 0 Å². The average molecular weight is 338 g/mol. The second kappa shape index (κ2) is 6.64. The van der Waals surface area contributed by atoms with E-state index in [9.17, 15) is 14.7 Å². The highest BCUT2D eigenvalue weighted by Crippen LogP contribution is 2.24. The minimum absolute atomic E-state index is 0.0881. The van der Waals surface area contributed by atoms with Crippen molar-refractivity contribution >= 4 is 28.3 Å². The van der Waals surface area contributed by atoms with Crippen molar-refractivity contribution in [2.45, 2.75) is 6.54 Å². The summed E-state index contributed by atoms with van der Waals surface area (Å²) in [6, 6.07) is 10.2.